The summed E-state index contributed by atoms with van der Waals surface area (Å²) >= 11 is 0. The smallest absolute Gasteiger partial charge is 0.310 e. The van der Waals surface area contributed by atoms with Crippen molar-refractivity contribution < 1.29 is 23.5 Å². The zero-order valence-electron chi connectivity index (χ0n) is 16.0. The first-order valence-electron chi connectivity index (χ1n) is 9.34. The van der Waals surface area contributed by atoms with Gasteiger partial charge in [0.05, 0.1) is 13.0 Å². The zero-order valence-corrected chi connectivity index (χ0v) is 16.0. The van der Waals surface area contributed by atoms with Crippen molar-refractivity contribution in [1.82, 2.24) is 5.32 Å². The van der Waals surface area contributed by atoms with Crippen LogP contribution in [0.2, 0.25) is 0 Å². The Bertz CT molecular complexity index is 819. The van der Waals surface area contributed by atoms with E-state index < -0.39 is 6.10 Å². The second kappa shape index (κ2) is 8.87. The summed E-state index contributed by atoms with van der Waals surface area (Å²) < 4.78 is 23.4. The number of hydrogen-bond donors (Lipinski definition) is 1. The number of esters is 1. The molecule has 3 atom stereocenters. The summed E-state index contributed by atoms with van der Waals surface area (Å²) in [7, 11) is 1.61. The highest BCUT2D eigenvalue weighted by atomic mass is 19.1. The largest absolute Gasteiger partial charge is 0.497 e. The van der Waals surface area contributed by atoms with Crippen molar-refractivity contribution in [3.8, 4) is 5.75 Å². The van der Waals surface area contributed by atoms with Crippen LogP contribution >= 0.6 is 0 Å². The third kappa shape index (κ3) is 5.09. The molecule has 0 radical (unpaired) electrons. The maximum atomic E-state index is 13.0. The molecule has 0 saturated heterocycles. The molecule has 1 saturated carbocycles. The van der Waals surface area contributed by atoms with E-state index in [2.05, 4.69) is 5.32 Å². The average Bonchev–Trinajstić information content (AvgIpc) is 3.50. The number of carbonyl (C=O) groups is 2. The molecule has 148 valence electrons. The maximum Gasteiger partial charge on any atom is 0.310 e. The zero-order chi connectivity index (χ0) is 20.1. The first-order chi connectivity index (χ1) is 13.5. The number of rotatable bonds is 8. The third-order valence-electron chi connectivity index (χ3n) is 4.93. The minimum atomic E-state index is -0.849. The van der Waals surface area contributed by atoms with E-state index in [9.17, 15) is 14.0 Å². The Morgan fingerprint density at radius 2 is 1.82 bits per heavy atom. The van der Waals surface area contributed by atoms with Crippen molar-refractivity contribution in [2.45, 2.75) is 31.8 Å². The lowest BCUT2D eigenvalue weighted by Gasteiger charge is -2.13. The van der Waals surface area contributed by atoms with Crippen molar-refractivity contribution in [2.24, 2.45) is 5.92 Å². The van der Waals surface area contributed by atoms with Gasteiger partial charge in [0.15, 0.2) is 6.10 Å². The molecule has 2 aromatic carbocycles. The Morgan fingerprint density at radius 3 is 2.46 bits per heavy atom. The number of benzene rings is 2. The van der Waals surface area contributed by atoms with Gasteiger partial charge in [-0.3, -0.25) is 9.59 Å². The molecule has 0 spiro atoms. The van der Waals surface area contributed by atoms with E-state index in [-0.39, 0.29) is 29.5 Å². The molecule has 0 aliphatic heterocycles. The van der Waals surface area contributed by atoms with Gasteiger partial charge in [-0.15, -0.1) is 0 Å². The van der Waals surface area contributed by atoms with E-state index in [4.69, 9.17) is 9.47 Å². The minimum absolute atomic E-state index is 0.0402. The van der Waals surface area contributed by atoms with Gasteiger partial charge in [-0.05, 0) is 61.1 Å². The van der Waals surface area contributed by atoms with Crippen LogP contribution in [0.1, 0.15) is 30.4 Å². The van der Waals surface area contributed by atoms with Gasteiger partial charge >= 0.3 is 5.97 Å². The molecule has 6 heteroatoms. The number of carbonyl (C=O) groups excluding carboxylic acids is 2. The normalized spacial score (nSPS) is 18.8. The van der Waals surface area contributed by atoms with Crippen LogP contribution in [0.5, 0.6) is 5.75 Å². The van der Waals surface area contributed by atoms with E-state index in [1.165, 1.54) is 12.1 Å². The van der Waals surface area contributed by atoms with Crippen molar-refractivity contribution in [3.63, 3.8) is 0 Å². The van der Waals surface area contributed by atoms with Crippen LogP contribution in [-0.2, 0) is 20.7 Å². The molecule has 28 heavy (non-hydrogen) atoms. The Kier molecular flexibility index (Phi) is 6.29. The standard InChI is InChI=1S/C22H24FNO4/c1-14(21(25)24-12-11-15-3-9-18(27-2)10-4-15)28-22(26)20-13-19(20)16-5-7-17(23)8-6-16/h3-10,14,19-20H,11-13H2,1-2H3,(H,24,25). The lowest BCUT2D eigenvalue weighted by atomic mass is 10.1. The highest BCUT2D eigenvalue weighted by Crippen LogP contribution is 2.48. The SMILES string of the molecule is COc1ccc(CCNC(=O)C(C)OC(=O)C2CC2c2ccc(F)cc2)cc1. The van der Waals surface area contributed by atoms with E-state index in [0.717, 1.165) is 16.9 Å². The van der Waals surface area contributed by atoms with Crippen LogP contribution in [0.15, 0.2) is 48.5 Å². The third-order valence-corrected chi connectivity index (χ3v) is 4.93. The lowest BCUT2D eigenvalue weighted by molar-refractivity contribution is -0.156. The lowest BCUT2D eigenvalue weighted by Crippen LogP contribution is -2.37. The van der Waals surface area contributed by atoms with Crippen LogP contribution in [-0.4, -0.2) is 31.6 Å². The molecule has 2 aromatic rings. The van der Waals surface area contributed by atoms with Gasteiger partial charge in [-0.1, -0.05) is 24.3 Å². The first-order valence-corrected chi connectivity index (χ1v) is 9.34. The predicted molar refractivity (Wildman–Crippen MR) is 103 cm³/mol. The van der Waals surface area contributed by atoms with Crippen molar-refractivity contribution >= 4 is 11.9 Å². The molecule has 0 bridgehead atoms. The molecular weight excluding hydrogens is 361 g/mol. The molecule has 1 N–H and O–H groups in total. The fourth-order valence-electron chi connectivity index (χ4n) is 3.11. The van der Waals surface area contributed by atoms with Crippen molar-refractivity contribution in [1.29, 1.82) is 0 Å². The van der Waals surface area contributed by atoms with Crippen LogP contribution in [0.4, 0.5) is 4.39 Å². The number of ether oxygens (including phenoxy) is 2. The molecule has 5 nitrogen and oxygen atoms in total. The topological polar surface area (TPSA) is 64.6 Å². The first kappa shape index (κ1) is 19.9. The Morgan fingerprint density at radius 1 is 1.14 bits per heavy atom. The molecule has 3 rings (SSSR count). The summed E-state index contributed by atoms with van der Waals surface area (Å²) in [5, 5.41) is 2.78. The molecule has 0 aromatic heterocycles. The second-order valence-corrected chi connectivity index (χ2v) is 6.97. The molecule has 1 aliphatic carbocycles. The maximum absolute atomic E-state index is 13.0. The van der Waals surface area contributed by atoms with Gasteiger partial charge < -0.3 is 14.8 Å². The second-order valence-electron chi connectivity index (χ2n) is 6.97. The quantitative estimate of drug-likeness (QED) is 0.709. The van der Waals surface area contributed by atoms with Crippen LogP contribution in [0, 0.1) is 11.7 Å². The van der Waals surface area contributed by atoms with Crippen LogP contribution in [0.25, 0.3) is 0 Å². The van der Waals surface area contributed by atoms with Crippen molar-refractivity contribution in [3.05, 3.63) is 65.5 Å². The number of hydrogen-bond acceptors (Lipinski definition) is 4. The van der Waals surface area contributed by atoms with Crippen LogP contribution < -0.4 is 10.1 Å². The number of methoxy groups -OCH3 is 1. The highest BCUT2D eigenvalue weighted by Gasteiger charge is 2.45. The van der Waals surface area contributed by atoms with Gasteiger partial charge in [0, 0.05) is 6.54 Å². The predicted octanol–water partition coefficient (Wildman–Crippen LogP) is 3.23. The number of nitrogens with one attached hydrogen (secondary N) is 1. The summed E-state index contributed by atoms with van der Waals surface area (Å²) in [6.07, 6.45) is 0.486. The molecule has 1 fully saturated rings. The molecule has 1 aliphatic rings. The van der Waals surface area contributed by atoms with E-state index in [0.29, 0.717) is 19.4 Å². The van der Waals surface area contributed by atoms with Crippen molar-refractivity contribution in [2.75, 3.05) is 13.7 Å². The fourth-order valence-corrected chi connectivity index (χ4v) is 3.11. The summed E-state index contributed by atoms with van der Waals surface area (Å²) in [6, 6.07) is 13.8. The van der Waals surface area contributed by atoms with Gasteiger partial charge in [0.25, 0.3) is 5.91 Å². The molecule has 3 unspecified atom stereocenters. The monoisotopic (exact) mass is 385 g/mol. The van der Waals surface area contributed by atoms with E-state index in [1.807, 2.05) is 24.3 Å². The molecule has 0 heterocycles. The number of halogens is 1. The summed E-state index contributed by atoms with van der Waals surface area (Å²) in [4.78, 5) is 24.4. The summed E-state index contributed by atoms with van der Waals surface area (Å²) in [5.41, 5.74) is 1.99. The van der Waals surface area contributed by atoms with E-state index in [1.54, 1.807) is 26.2 Å². The van der Waals surface area contributed by atoms with Gasteiger partial charge in [0.2, 0.25) is 0 Å². The summed E-state index contributed by atoms with van der Waals surface area (Å²) in [6.45, 7) is 2.02. The Balaban J connectivity index is 1.40. The fraction of sp³-hybridized carbons (Fsp3) is 0.364. The highest BCUT2D eigenvalue weighted by molar-refractivity contribution is 5.85. The Labute approximate surface area is 163 Å². The minimum Gasteiger partial charge on any atom is -0.497 e. The molecular formula is C22H24FNO4. The van der Waals surface area contributed by atoms with Gasteiger partial charge in [-0.25, -0.2) is 4.39 Å². The Hall–Kier alpha value is -2.89. The average molecular weight is 385 g/mol. The molecule has 1 amide bonds. The summed E-state index contributed by atoms with van der Waals surface area (Å²) in [5.74, 6) is -0.442. The van der Waals surface area contributed by atoms with Gasteiger partial charge in [0.1, 0.15) is 11.6 Å². The van der Waals surface area contributed by atoms with Gasteiger partial charge in [-0.2, -0.15) is 0 Å². The van der Waals surface area contributed by atoms with Crippen LogP contribution in [0.3, 0.4) is 0 Å². The van der Waals surface area contributed by atoms with E-state index >= 15 is 0 Å². The number of amides is 1.